The zero-order valence-corrected chi connectivity index (χ0v) is 8.36. The van der Waals surface area contributed by atoms with Gasteiger partial charge in [0.15, 0.2) is 0 Å². The fourth-order valence-electron chi connectivity index (χ4n) is 1.63. The molecule has 5 heteroatoms. The van der Waals surface area contributed by atoms with Crippen LogP contribution in [0.3, 0.4) is 0 Å². The zero-order chi connectivity index (χ0) is 9.42. The molecule has 1 aromatic heterocycles. The number of nitrogens with one attached hydrogen (secondary N) is 1. The number of rotatable bonds is 2. The number of hydrogen-bond donors (Lipinski definition) is 2. The molecule has 0 saturated heterocycles. The number of aromatic nitrogens is 2. The van der Waals surface area contributed by atoms with Crippen molar-refractivity contribution in [1.29, 1.82) is 0 Å². The number of fused-ring (bicyclic) bond motifs is 1. The van der Waals surface area contributed by atoms with Gasteiger partial charge < -0.3 is 10.7 Å². The zero-order valence-electron chi connectivity index (χ0n) is 7.54. The van der Waals surface area contributed by atoms with Crippen LogP contribution in [0.2, 0.25) is 0 Å². The van der Waals surface area contributed by atoms with E-state index in [0.29, 0.717) is 6.54 Å². The molecule has 2 heterocycles. The van der Waals surface area contributed by atoms with E-state index in [1.807, 2.05) is 18.7 Å². The minimum Gasteiger partial charge on any atom is -0.328 e. The number of nitrogens with two attached hydrogens (primary N) is 1. The Morgan fingerprint density at radius 2 is 2.46 bits per heavy atom. The first kappa shape index (κ1) is 8.90. The van der Waals surface area contributed by atoms with E-state index >= 15 is 0 Å². The molecule has 0 bridgehead atoms. The molecule has 2 rings (SSSR count). The standard InChI is InChI=1S/C8H13N3OS/c1-5(2-9)11-7-4-13-3-6(7)10-8(11)12/h5H,2-4,9H2,1H3,(H,10,12). The van der Waals surface area contributed by atoms with Gasteiger partial charge in [-0.1, -0.05) is 0 Å². The van der Waals surface area contributed by atoms with Gasteiger partial charge in [0.05, 0.1) is 5.69 Å². The van der Waals surface area contributed by atoms with Crippen LogP contribution >= 0.6 is 11.8 Å². The van der Waals surface area contributed by atoms with Crippen LogP contribution in [0.15, 0.2) is 4.79 Å². The lowest BCUT2D eigenvalue weighted by Crippen LogP contribution is -2.27. The molecule has 0 amide bonds. The summed E-state index contributed by atoms with van der Waals surface area (Å²) < 4.78 is 1.79. The minimum atomic E-state index is -0.0109. The third-order valence-electron chi connectivity index (χ3n) is 2.38. The van der Waals surface area contributed by atoms with Crippen LogP contribution in [0.25, 0.3) is 0 Å². The summed E-state index contributed by atoms with van der Waals surface area (Å²) >= 11 is 1.83. The van der Waals surface area contributed by atoms with Crippen LogP contribution in [0.1, 0.15) is 24.4 Å². The van der Waals surface area contributed by atoms with Gasteiger partial charge >= 0.3 is 5.69 Å². The summed E-state index contributed by atoms with van der Waals surface area (Å²) in [6.07, 6.45) is 0. The van der Waals surface area contributed by atoms with Crippen LogP contribution in [0.5, 0.6) is 0 Å². The lowest BCUT2D eigenvalue weighted by atomic mass is 10.3. The largest absolute Gasteiger partial charge is 0.328 e. The quantitative estimate of drug-likeness (QED) is 0.726. The lowest BCUT2D eigenvalue weighted by Gasteiger charge is -2.11. The maximum absolute atomic E-state index is 11.5. The Kier molecular flexibility index (Phi) is 2.21. The van der Waals surface area contributed by atoms with Crippen LogP contribution in [0.4, 0.5) is 0 Å². The first-order valence-corrected chi connectivity index (χ1v) is 5.49. The second kappa shape index (κ2) is 3.23. The Bertz CT molecular complexity index is 368. The third kappa shape index (κ3) is 1.32. The van der Waals surface area contributed by atoms with Crippen molar-refractivity contribution in [2.75, 3.05) is 6.54 Å². The summed E-state index contributed by atoms with van der Waals surface area (Å²) in [5, 5.41) is 0. The van der Waals surface area contributed by atoms with Crippen molar-refractivity contribution in [3.63, 3.8) is 0 Å². The van der Waals surface area contributed by atoms with Crippen molar-refractivity contribution in [1.82, 2.24) is 9.55 Å². The molecular weight excluding hydrogens is 186 g/mol. The number of hydrogen-bond acceptors (Lipinski definition) is 3. The van der Waals surface area contributed by atoms with Gasteiger partial charge in [0.25, 0.3) is 0 Å². The minimum absolute atomic E-state index is 0.0109. The Morgan fingerprint density at radius 3 is 3.15 bits per heavy atom. The van der Waals surface area contributed by atoms with E-state index in [2.05, 4.69) is 4.98 Å². The fraction of sp³-hybridized carbons (Fsp3) is 0.625. The highest BCUT2D eigenvalue weighted by atomic mass is 32.2. The molecule has 0 spiro atoms. The van der Waals surface area contributed by atoms with Crippen molar-refractivity contribution >= 4 is 11.8 Å². The van der Waals surface area contributed by atoms with Crippen LogP contribution < -0.4 is 11.4 Å². The first-order chi connectivity index (χ1) is 6.24. The van der Waals surface area contributed by atoms with E-state index in [0.717, 1.165) is 22.9 Å². The highest BCUT2D eigenvalue weighted by Gasteiger charge is 2.21. The summed E-state index contributed by atoms with van der Waals surface area (Å²) in [5.41, 5.74) is 7.75. The molecule has 0 radical (unpaired) electrons. The molecule has 13 heavy (non-hydrogen) atoms. The highest BCUT2D eigenvalue weighted by Crippen LogP contribution is 2.28. The number of H-pyrrole nitrogens is 1. The second-order valence-corrected chi connectivity index (χ2v) is 4.29. The SMILES string of the molecule is CC(CN)n1c2c([nH]c1=O)CSC2. The summed E-state index contributed by atoms with van der Waals surface area (Å²) in [6, 6.07) is 0.103. The van der Waals surface area contributed by atoms with Gasteiger partial charge in [0, 0.05) is 29.8 Å². The summed E-state index contributed by atoms with van der Waals surface area (Å²) in [7, 11) is 0. The van der Waals surface area contributed by atoms with Gasteiger partial charge in [-0.15, -0.1) is 11.8 Å². The summed E-state index contributed by atoms with van der Waals surface area (Å²) in [5.74, 6) is 1.85. The van der Waals surface area contributed by atoms with Crippen molar-refractivity contribution in [3.8, 4) is 0 Å². The van der Waals surface area contributed by atoms with Crippen molar-refractivity contribution < 1.29 is 0 Å². The van der Waals surface area contributed by atoms with E-state index in [-0.39, 0.29) is 11.7 Å². The average Bonchev–Trinajstić information content (AvgIpc) is 2.62. The maximum Gasteiger partial charge on any atom is 0.326 e. The van der Waals surface area contributed by atoms with Gasteiger partial charge in [-0.25, -0.2) is 4.79 Å². The molecule has 3 N–H and O–H groups in total. The normalized spacial score (nSPS) is 17.4. The molecule has 1 atom stereocenters. The molecular formula is C8H13N3OS. The molecule has 4 nitrogen and oxygen atoms in total. The van der Waals surface area contributed by atoms with Crippen LogP contribution in [0, 0.1) is 0 Å². The molecule has 1 unspecified atom stereocenters. The van der Waals surface area contributed by atoms with Crippen LogP contribution in [-0.4, -0.2) is 16.1 Å². The average molecular weight is 199 g/mol. The van der Waals surface area contributed by atoms with Gasteiger partial charge in [-0.2, -0.15) is 0 Å². The van der Waals surface area contributed by atoms with Crippen molar-refractivity contribution in [2.24, 2.45) is 5.73 Å². The van der Waals surface area contributed by atoms with Gasteiger partial charge in [-0.3, -0.25) is 4.57 Å². The predicted molar refractivity (Wildman–Crippen MR) is 53.8 cm³/mol. The van der Waals surface area contributed by atoms with Crippen molar-refractivity contribution in [3.05, 3.63) is 21.9 Å². The smallest absolute Gasteiger partial charge is 0.326 e. The van der Waals surface area contributed by atoms with Gasteiger partial charge in [0.1, 0.15) is 0 Å². The molecule has 0 fully saturated rings. The van der Waals surface area contributed by atoms with E-state index < -0.39 is 0 Å². The number of imidazole rings is 1. The van der Waals surface area contributed by atoms with E-state index in [1.54, 1.807) is 4.57 Å². The van der Waals surface area contributed by atoms with Crippen molar-refractivity contribution in [2.45, 2.75) is 24.5 Å². The monoisotopic (exact) mass is 199 g/mol. The molecule has 0 aliphatic carbocycles. The summed E-state index contributed by atoms with van der Waals surface area (Å²) in [6.45, 7) is 2.48. The number of thioether (sulfide) groups is 1. The number of aromatic amines is 1. The maximum atomic E-state index is 11.5. The third-order valence-corrected chi connectivity index (χ3v) is 3.35. The highest BCUT2D eigenvalue weighted by molar-refractivity contribution is 7.98. The molecule has 1 aliphatic rings. The summed E-state index contributed by atoms with van der Waals surface area (Å²) in [4.78, 5) is 14.4. The van der Waals surface area contributed by atoms with Gasteiger partial charge in [0.2, 0.25) is 0 Å². The molecule has 1 aliphatic heterocycles. The Hall–Kier alpha value is -0.680. The van der Waals surface area contributed by atoms with E-state index in [4.69, 9.17) is 5.73 Å². The first-order valence-electron chi connectivity index (χ1n) is 4.34. The van der Waals surface area contributed by atoms with Gasteiger partial charge in [-0.05, 0) is 6.92 Å². The lowest BCUT2D eigenvalue weighted by molar-refractivity contribution is 0.529. The number of nitrogens with zero attached hydrogens (tertiary/aromatic N) is 1. The molecule has 0 saturated carbocycles. The second-order valence-electron chi connectivity index (χ2n) is 3.30. The Balaban J connectivity index is 2.50. The molecule has 72 valence electrons. The van der Waals surface area contributed by atoms with E-state index in [9.17, 15) is 4.79 Å². The Morgan fingerprint density at radius 1 is 1.69 bits per heavy atom. The van der Waals surface area contributed by atoms with E-state index in [1.165, 1.54) is 0 Å². The predicted octanol–water partition coefficient (Wildman–Crippen LogP) is 0.443. The molecule has 0 aromatic carbocycles. The van der Waals surface area contributed by atoms with Crippen LogP contribution in [-0.2, 0) is 11.5 Å². The Labute approximate surface area is 80.5 Å². The fourth-order valence-corrected chi connectivity index (χ4v) is 2.68. The molecule has 1 aromatic rings. The topological polar surface area (TPSA) is 63.8 Å².